The molecule has 1 heterocycles. The second-order valence-electron chi connectivity index (χ2n) is 5.70. The van der Waals surface area contributed by atoms with Crippen molar-refractivity contribution in [3.05, 3.63) is 24.3 Å². The van der Waals surface area contributed by atoms with Crippen molar-refractivity contribution >= 4 is 0 Å². The summed E-state index contributed by atoms with van der Waals surface area (Å²) >= 11 is 0. The third kappa shape index (κ3) is 5.56. The predicted octanol–water partition coefficient (Wildman–Crippen LogP) is 2.40. The molecule has 0 saturated carbocycles. The van der Waals surface area contributed by atoms with E-state index in [4.69, 9.17) is 9.47 Å². The standard InChI is InChI=1S/C17H28N2O2/c1-18-10-7-15-8-11-19(12-9-15)13-14-21-17-5-3-16(20-2)4-6-17/h3-6,15,18H,7-14H2,1-2H3. The fourth-order valence-electron chi connectivity index (χ4n) is 2.81. The quantitative estimate of drug-likeness (QED) is 0.798. The Balaban J connectivity index is 1.61. The molecule has 1 aliphatic rings. The molecule has 0 radical (unpaired) electrons. The van der Waals surface area contributed by atoms with Crippen LogP contribution in [0.5, 0.6) is 11.5 Å². The number of nitrogens with zero attached hydrogens (tertiary/aromatic N) is 1. The molecule has 1 saturated heterocycles. The van der Waals surface area contributed by atoms with Crippen LogP contribution in [-0.4, -0.2) is 51.8 Å². The van der Waals surface area contributed by atoms with Gasteiger partial charge in [-0.1, -0.05) is 0 Å². The van der Waals surface area contributed by atoms with Crippen molar-refractivity contribution < 1.29 is 9.47 Å². The first-order valence-corrected chi connectivity index (χ1v) is 7.95. The maximum Gasteiger partial charge on any atom is 0.119 e. The average molecular weight is 292 g/mol. The van der Waals surface area contributed by atoms with Gasteiger partial charge < -0.3 is 14.8 Å². The molecule has 21 heavy (non-hydrogen) atoms. The first kappa shape index (κ1) is 16.1. The summed E-state index contributed by atoms with van der Waals surface area (Å²) in [5, 5.41) is 3.24. The summed E-state index contributed by atoms with van der Waals surface area (Å²) in [6.07, 6.45) is 3.96. The summed E-state index contributed by atoms with van der Waals surface area (Å²) in [6.45, 7) is 5.34. The number of benzene rings is 1. The lowest BCUT2D eigenvalue weighted by molar-refractivity contribution is 0.151. The zero-order valence-corrected chi connectivity index (χ0v) is 13.3. The van der Waals surface area contributed by atoms with Crippen LogP contribution in [0.3, 0.4) is 0 Å². The Morgan fingerprint density at radius 2 is 1.81 bits per heavy atom. The fourth-order valence-corrected chi connectivity index (χ4v) is 2.81. The van der Waals surface area contributed by atoms with Gasteiger partial charge >= 0.3 is 0 Å². The lowest BCUT2D eigenvalue weighted by atomic mass is 9.93. The first-order chi connectivity index (χ1) is 10.3. The zero-order valence-electron chi connectivity index (χ0n) is 13.3. The fraction of sp³-hybridized carbons (Fsp3) is 0.647. The molecule has 0 amide bonds. The number of piperidine rings is 1. The molecular weight excluding hydrogens is 264 g/mol. The Hall–Kier alpha value is -1.26. The van der Waals surface area contributed by atoms with E-state index in [1.54, 1.807) is 7.11 Å². The first-order valence-electron chi connectivity index (χ1n) is 7.95. The van der Waals surface area contributed by atoms with Gasteiger partial charge in [0.1, 0.15) is 18.1 Å². The molecular formula is C17H28N2O2. The Bertz CT molecular complexity index is 386. The van der Waals surface area contributed by atoms with Crippen LogP contribution in [0.2, 0.25) is 0 Å². The monoisotopic (exact) mass is 292 g/mol. The number of hydrogen-bond donors (Lipinski definition) is 1. The van der Waals surface area contributed by atoms with Crippen molar-refractivity contribution in [2.45, 2.75) is 19.3 Å². The minimum atomic E-state index is 0.757. The van der Waals surface area contributed by atoms with Gasteiger partial charge in [0.15, 0.2) is 0 Å². The van der Waals surface area contributed by atoms with E-state index in [1.807, 2.05) is 31.3 Å². The van der Waals surface area contributed by atoms with Crippen molar-refractivity contribution in [2.24, 2.45) is 5.92 Å². The Kier molecular flexibility index (Phi) is 6.83. The van der Waals surface area contributed by atoms with Crippen molar-refractivity contribution in [1.82, 2.24) is 10.2 Å². The molecule has 0 aliphatic carbocycles. The van der Waals surface area contributed by atoms with Gasteiger partial charge in [0.2, 0.25) is 0 Å². The van der Waals surface area contributed by atoms with Crippen LogP contribution in [0.4, 0.5) is 0 Å². The van der Waals surface area contributed by atoms with E-state index in [9.17, 15) is 0 Å². The van der Waals surface area contributed by atoms with Gasteiger partial charge in [0.25, 0.3) is 0 Å². The minimum Gasteiger partial charge on any atom is -0.497 e. The number of methoxy groups -OCH3 is 1. The van der Waals surface area contributed by atoms with E-state index >= 15 is 0 Å². The highest BCUT2D eigenvalue weighted by Crippen LogP contribution is 2.20. The average Bonchev–Trinajstić information content (AvgIpc) is 2.55. The maximum absolute atomic E-state index is 5.79. The number of rotatable bonds is 8. The molecule has 1 aliphatic heterocycles. The van der Waals surface area contributed by atoms with Crippen molar-refractivity contribution in [3.63, 3.8) is 0 Å². The van der Waals surface area contributed by atoms with Crippen molar-refractivity contribution in [1.29, 1.82) is 0 Å². The highest BCUT2D eigenvalue weighted by atomic mass is 16.5. The van der Waals surface area contributed by atoms with E-state index < -0.39 is 0 Å². The van der Waals surface area contributed by atoms with Crippen LogP contribution in [0, 0.1) is 5.92 Å². The molecule has 1 N–H and O–H groups in total. The van der Waals surface area contributed by atoms with Crippen LogP contribution in [0.25, 0.3) is 0 Å². The van der Waals surface area contributed by atoms with E-state index in [-0.39, 0.29) is 0 Å². The molecule has 0 spiro atoms. The molecule has 4 heteroatoms. The Labute approximate surface area is 128 Å². The number of hydrogen-bond acceptors (Lipinski definition) is 4. The van der Waals surface area contributed by atoms with Gasteiger partial charge in [-0.15, -0.1) is 0 Å². The molecule has 0 atom stereocenters. The largest absolute Gasteiger partial charge is 0.497 e. The lowest BCUT2D eigenvalue weighted by Crippen LogP contribution is -2.37. The molecule has 1 aromatic rings. The smallest absolute Gasteiger partial charge is 0.119 e. The number of ether oxygens (including phenoxy) is 2. The Morgan fingerprint density at radius 3 is 2.43 bits per heavy atom. The third-order valence-corrected chi connectivity index (χ3v) is 4.25. The SMILES string of the molecule is CNCCC1CCN(CCOc2ccc(OC)cc2)CC1. The van der Waals surface area contributed by atoms with Gasteiger partial charge in [-0.05, 0) is 76.1 Å². The zero-order chi connectivity index (χ0) is 14.9. The van der Waals surface area contributed by atoms with Crippen LogP contribution in [0.1, 0.15) is 19.3 Å². The van der Waals surface area contributed by atoms with E-state index in [2.05, 4.69) is 10.2 Å². The molecule has 118 valence electrons. The third-order valence-electron chi connectivity index (χ3n) is 4.25. The molecule has 0 unspecified atom stereocenters. The van der Waals surface area contributed by atoms with Gasteiger partial charge in [0.05, 0.1) is 7.11 Å². The topological polar surface area (TPSA) is 33.7 Å². The van der Waals surface area contributed by atoms with Gasteiger partial charge in [-0.25, -0.2) is 0 Å². The molecule has 4 nitrogen and oxygen atoms in total. The van der Waals surface area contributed by atoms with E-state index in [0.29, 0.717) is 0 Å². The highest BCUT2D eigenvalue weighted by Gasteiger charge is 2.18. The lowest BCUT2D eigenvalue weighted by Gasteiger charge is -2.31. The maximum atomic E-state index is 5.79. The van der Waals surface area contributed by atoms with Crippen LogP contribution >= 0.6 is 0 Å². The van der Waals surface area contributed by atoms with Gasteiger partial charge in [-0.2, -0.15) is 0 Å². The summed E-state index contributed by atoms with van der Waals surface area (Å²) in [5.74, 6) is 2.68. The molecule has 1 fully saturated rings. The van der Waals surface area contributed by atoms with Crippen LogP contribution in [-0.2, 0) is 0 Å². The second-order valence-corrected chi connectivity index (χ2v) is 5.70. The minimum absolute atomic E-state index is 0.757. The van der Waals surface area contributed by atoms with Crippen LogP contribution in [0.15, 0.2) is 24.3 Å². The van der Waals surface area contributed by atoms with Crippen molar-refractivity contribution in [2.75, 3.05) is 46.9 Å². The normalized spacial score (nSPS) is 16.9. The summed E-state index contributed by atoms with van der Waals surface area (Å²) in [5.41, 5.74) is 0. The molecule has 1 aromatic carbocycles. The Morgan fingerprint density at radius 1 is 1.14 bits per heavy atom. The molecule has 0 aromatic heterocycles. The van der Waals surface area contributed by atoms with E-state index in [1.165, 1.54) is 32.4 Å². The highest BCUT2D eigenvalue weighted by molar-refractivity contribution is 5.31. The van der Waals surface area contributed by atoms with Crippen LogP contribution < -0.4 is 14.8 Å². The molecule has 0 bridgehead atoms. The summed E-state index contributed by atoms with van der Waals surface area (Å²) in [4.78, 5) is 2.51. The van der Waals surface area contributed by atoms with E-state index in [0.717, 1.165) is 37.1 Å². The van der Waals surface area contributed by atoms with Gasteiger partial charge in [-0.3, -0.25) is 4.90 Å². The summed E-state index contributed by atoms with van der Waals surface area (Å²) < 4.78 is 10.9. The summed E-state index contributed by atoms with van der Waals surface area (Å²) in [6, 6.07) is 7.79. The number of nitrogens with one attached hydrogen (secondary N) is 1. The van der Waals surface area contributed by atoms with Gasteiger partial charge in [0, 0.05) is 6.54 Å². The summed E-state index contributed by atoms with van der Waals surface area (Å²) in [7, 11) is 3.71. The molecule has 2 rings (SSSR count). The predicted molar refractivity (Wildman–Crippen MR) is 86.2 cm³/mol. The second kappa shape index (κ2) is 8.90. The van der Waals surface area contributed by atoms with Crippen molar-refractivity contribution in [3.8, 4) is 11.5 Å². The number of likely N-dealkylation sites (tertiary alicyclic amines) is 1.